The minimum absolute atomic E-state index is 0.238. The van der Waals surface area contributed by atoms with Crippen LogP contribution >= 0.6 is 0 Å². The molecule has 1 aromatic carbocycles. The van der Waals surface area contributed by atoms with Crippen molar-refractivity contribution in [2.24, 2.45) is 0 Å². The van der Waals surface area contributed by atoms with E-state index in [1.54, 1.807) is 13.8 Å². The van der Waals surface area contributed by atoms with Crippen LogP contribution in [0, 0.1) is 0 Å². The number of ether oxygens (including phenoxy) is 1. The number of benzene rings is 1. The number of hydrogen-bond donors (Lipinski definition) is 1. The summed E-state index contributed by atoms with van der Waals surface area (Å²) >= 11 is 0. The van der Waals surface area contributed by atoms with Gasteiger partial charge in [0.05, 0.1) is 5.75 Å². The molecule has 108 valence electrons. The first-order valence-electron chi connectivity index (χ1n) is 5.42. The third-order valence-electron chi connectivity index (χ3n) is 1.93. The number of hydrogen-bond acceptors (Lipinski definition) is 3. The van der Waals surface area contributed by atoms with E-state index in [4.69, 9.17) is 0 Å². The second-order valence-corrected chi connectivity index (χ2v) is 5.98. The fourth-order valence-electron chi connectivity index (χ4n) is 1.41. The van der Waals surface area contributed by atoms with Gasteiger partial charge < -0.3 is 4.74 Å². The summed E-state index contributed by atoms with van der Waals surface area (Å²) in [7, 11) is -3.49. The van der Waals surface area contributed by atoms with Gasteiger partial charge in [-0.05, 0) is 31.5 Å². The lowest BCUT2D eigenvalue weighted by Gasteiger charge is -2.11. The van der Waals surface area contributed by atoms with E-state index in [0.29, 0.717) is 5.56 Å². The number of nitrogens with one attached hydrogen (secondary N) is 1. The van der Waals surface area contributed by atoms with Crippen molar-refractivity contribution in [3.8, 4) is 5.75 Å². The molecule has 0 bridgehead atoms. The first-order chi connectivity index (χ1) is 8.57. The molecule has 1 rings (SSSR count). The molecule has 0 atom stereocenters. The number of sulfonamides is 1. The minimum atomic E-state index is -4.76. The van der Waals surface area contributed by atoms with E-state index in [0.717, 1.165) is 12.1 Å². The Morgan fingerprint density at radius 3 is 2.16 bits per heavy atom. The van der Waals surface area contributed by atoms with Crippen molar-refractivity contribution in [3.05, 3.63) is 29.8 Å². The summed E-state index contributed by atoms with van der Waals surface area (Å²) < 4.78 is 65.1. The molecule has 0 aromatic heterocycles. The number of halogens is 3. The third-order valence-corrected chi connectivity index (χ3v) is 3.47. The standard InChI is InChI=1S/C11H14F3NO3S/c1-8(2)15-19(16,17)7-9-3-5-10(6-4-9)18-11(12,13)14/h3-6,8,15H,7H2,1-2H3. The highest BCUT2D eigenvalue weighted by Gasteiger charge is 2.31. The van der Waals surface area contributed by atoms with Gasteiger partial charge in [-0.15, -0.1) is 13.2 Å². The molecule has 0 heterocycles. The summed E-state index contributed by atoms with van der Waals surface area (Å²) in [5.41, 5.74) is 0.377. The summed E-state index contributed by atoms with van der Waals surface area (Å²) in [5, 5.41) is 0. The van der Waals surface area contributed by atoms with Crippen LogP contribution in [0.3, 0.4) is 0 Å². The van der Waals surface area contributed by atoms with E-state index >= 15 is 0 Å². The molecule has 0 aliphatic carbocycles. The average Bonchev–Trinajstić information content (AvgIpc) is 2.16. The van der Waals surface area contributed by atoms with Gasteiger partial charge in [-0.3, -0.25) is 0 Å². The molecule has 0 spiro atoms. The van der Waals surface area contributed by atoms with Crippen molar-refractivity contribution in [3.63, 3.8) is 0 Å². The maximum Gasteiger partial charge on any atom is 0.573 e. The zero-order valence-electron chi connectivity index (χ0n) is 10.4. The first kappa shape index (κ1) is 15.8. The Kier molecular flexibility index (Phi) is 4.81. The Bertz CT molecular complexity index is 509. The quantitative estimate of drug-likeness (QED) is 0.908. The summed E-state index contributed by atoms with van der Waals surface area (Å²) in [6, 6.07) is 4.47. The summed E-state index contributed by atoms with van der Waals surface area (Å²) in [6.45, 7) is 3.36. The second-order valence-electron chi connectivity index (χ2n) is 4.22. The first-order valence-corrected chi connectivity index (χ1v) is 7.07. The molecular formula is C11H14F3NO3S. The zero-order chi connectivity index (χ0) is 14.7. The molecule has 0 aliphatic heterocycles. The van der Waals surface area contributed by atoms with Crippen molar-refractivity contribution in [2.45, 2.75) is 32.0 Å². The minimum Gasteiger partial charge on any atom is -0.406 e. The van der Waals surface area contributed by atoms with Crippen LogP contribution in [0.2, 0.25) is 0 Å². The van der Waals surface area contributed by atoms with Crippen molar-refractivity contribution in [2.75, 3.05) is 0 Å². The van der Waals surface area contributed by atoms with Gasteiger partial charge >= 0.3 is 6.36 Å². The predicted octanol–water partition coefficient (Wildman–Crippen LogP) is 2.41. The van der Waals surface area contributed by atoms with E-state index < -0.39 is 16.4 Å². The summed E-state index contributed by atoms with van der Waals surface area (Å²) in [6.07, 6.45) is -4.76. The Hall–Kier alpha value is -1.28. The Morgan fingerprint density at radius 1 is 1.21 bits per heavy atom. The molecule has 1 N–H and O–H groups in total. The van der Waals surface area contributed by atoms with Crippen LogP contribution < -0.4 is 9.46 Å². The molecule has 0 amide bonds. The van der Waals surface area contributed by atoms with Gasteiger partial charge in [0.2, 0.25) is 10.0 Å². The molecule has 8 heteroatoms. The van der Waals surface area contributed by atoms with Crippen LogP contribution in [0.15, 0.2) is 24.3 Å². The summed E-state index contributed by atoms with van der Waals surface area (Å²) in [5.74, 6) is -0.678. The Balaban J connectivity index is 2.72. The lowest BCUT2D eigenvalue weighted by Crippen LogP contribution is -2.31. The highest BCUT2D eigenvalue weighted by atomic mass is 32.2. The highest BCUT2D eigenvalue weighted by Crippen LogP contribution is 2.23. The van der Waals surface area contributed by atoms with E-state index in [9.17, 15) is 21.6 Å². The fourth-order valence-corrected chi connectivity index (χ4v) is 2.84. The Morgan fingerprint density at radius 2 is 1.74 bits per heavy atom. The molecule has 19 heavy (non-hydrogen) atoms. The lowest BCUT2D eigenvalue weighted by atomic mass is 10.2. The van der Waals surface area contributed by atoms with Crippen LogP contribution in [-0.4, -0.2) is 20.8 Å². The van der Waals surface area contributed by atoms with Crippen LogP contribution in [0.5, 0.6) is 5.75 Å². The molecule has 0 unspecified atom stereocenters. The van der Waals surface area contributed by atoms with Crippen LogP contribution in [0.25, 0.3) is 0 Å². The normalized spacial score (nSPS) is 12.7. The van der Waals surface area contributed by atoms with Crippen LogP contribution in [-0.2, 0) is 15.8 Å². The number of rotatable bonds is 5. The average molecular weight is 297 g/mol. The topological polar surface area (TPSA) is 55.4 Å². The molecule has 0 saturated carbocycles. The largest absolute Gasteiger partial charge is 0.573 e. The smallest absolute Gasteiger partial charge is 0.406 e. The third kappa shape index (κ3) is 6.44. The van der Waals surface area contributed by atoms with Gasteiger partial charge in [0.25, 0.3) is 0 Å². The predicted molar refractivity (Wildman–Crippen MR) is 64.0 cm³/mol. The van der Waals surface area contributed by atoms with Gasteiger partial charge in [0.1, 0.15) is 5.75 Å². The molecular weight excluding hydrogens is 283 g/mol. The van der Waals surface area contributed by atoms with Crippen molar-refractivity contribution in [1.29, 1.82) is 0 Å². The number of alkyl halides is 3. The monoisotopic (exact) mass is 297 g/mol. The van der Waals surface area contributed by atoms with Crippen molar-refractivity contribution in [1.82, 2.24) is 4.72 Å². The van der Waals surface area contributed by atoms with Crippen LogP contribution in [0.1, 0.15) is 19.4 Å². The van der Waals surface area contributed by atoms with Gasteiger partial charge in [0.15, 0.2) is 0 Å². The molecule has 4 nitrogen and oxygen atoms in total. The molecule has 0 fully saturated rings. The van der Waals surface area contributed by atoms with E-state index in [1.807, 2.05) is 0 Å². The van der Waals surface area contributed by atoms with Gasteiger partial charge in [0, 0.05) is 6.04 Å². The summed E-state index contributed by atoms with van der Waals surface area (Å²) in [4.78, 5) is 0. The Labute approximate surface area is 109 Å². The van der Waals surface area contributed by atoms with Crippen molar-refractivity contribution < 1.29 is 26.3 Å². The second kappa shape index (κ2) is 5.79. The van der Waals surface area contributed by atoms with Crippen molar-refractivity contribution >= 4 is 10.0 Å². The van der Waals surface area contributed by atoms with E-state index in [-0.39, 0.29) is 17.5 Å². The van der Waals surface area contributed by atoms with E-state index in [1.165, 1.54) is 12.1 Å². The highest BCUT2D eigenvalue weighted by molar-refractivity contribution is 7.88. The molecule has 0 aliphatic rings. The van der Waals surface area contributed by atoms with Crippen LogP contribution in [0.4, 0.5) is 13.2 Å². The fraction of sp³-hybridized carbons (Fsp3) is 0.455. The van der Waals surface area contributed by atoms with Gasteiger partial charge in [-0.2, -0.15) is 0 Å². The van der Waals surface area contributed by atoms with Gasteiger partial charge in [-0.25, -0.2) is 13.1 Å². The van der Waals surface area contributed by atoms with Gasteiger partial charge in [-0.1, -0.05) is 12.1 Å². The zero-order valence-corrected chi connectivity index (χ0v) is 11.2. The maximum absolute atomic E-state index is 11.9. The lowest BCUT2D eigenvalue weighted by molar-refractivity contribution is -0.274. The molecule has 1 aromatic rings. The van der Waals surface area contributed by atoms with E-state index in [2.05, 4.69) is 9.46 Å². The maximum atomic E-state index is 11.9. The molecule has 0 saturated heterocycles. The SMILES string of the molecule is CC(C)NS(=O)(=O)Cc1ccc(OC(F)(F)F)cc1. The molecule has 0 radical (unpaired) electrons.